The Kier molecular flexibility index (Phi) is 5.64. The molecule has 1 aromatic carbocycles. The SMILES string of the molecule is CC(c1ccc(OC(F)F)cc1)N1CCC2(CCNC2)C1.Cl. The van der Waals surface area contributed by atoms with Gasteiger partial charge in [0.25, 0.3) is 0 Å². The Labute approximate surface area is 136 Å². The average Bonchev–Trinajstić information content (AvgIpc) is 3.09. The first-order valence-electron chi connectivity index (χ1n) is 7.58. The Balaban J connectivity index is 0.00000176. The molecule has 22 heavy (non-hydrogen) atoms. The predicted octanol–water partition coefficient (Wildman–Crippen LogP) is 3.46. The summed E-state index contributed by atoms with van der Waals surface area (Å²) in [6.07, 6.45) is 2.51. The second kappa shape index (κ2) is 7.11. The third-order valence-electron chi connectivity index (χ3n) is 4.94. The molecule has 1 N–H and O–H groups in total. The molecule has 2 aliphatic rings. The van der Waals surface area contributed by atoms with Gasteiger partial charge in [-0.2, -0.15) is 8.78 Å². The second-order valence-corrected chi connectivity index (χ2v) is 6.27. The molecule has 0 aromatic heterocycles. The second-order valence-electron chi connectivity index (χ2n) is 6.27. The molecular formula is C16H23ClF2N2O. The average molecular weight is 333 g/mol. The van der Waals surface area contributed by atoms with Crippen molar-refractivity contribution < 1.29 is 13.5 Å². The summed E-state index contributed by atoms with van der Waals surface area (Å²) in [5.74, 6) is 0.221. The summed E-state index contributed by atoms with van der Waals surface area (Å²) in [5, 5.41) is 3.47. The zero-order chi connectivity index (χ0) is 14.9. The van der Waals surface area contributed by atoms with Crippen LogP contribution in [0, 0.1) is 5.41 Å². The maximum atomic E-state index is 12.2. The molecule has 0 bridgehead atoms. The monoisotopic (exact) mass is 332 g/mol. The molecule has 2 atom stereocenters. The van der Waals surface area contributed by atoms with Gasteiger partial charge >= 0.3 is 6.61 Å². The molecule has 3 nitrogen and oxygen atoms in total. The van der Waals surface area contributed by atoms with Crippen molar-refractivity contribution in [1.29, 1.82) is 0 Å². The fourth-order valence-corrected chi connectivity index (χ4v) is 3.58. The smallest absolute Gasteiger partial charge is 0.387 e. The lowest BCUT2D eigenvalue weighted by atomic mass is 9.86. The molecule has 6 heteroatoms. The number of hydrogen-bond acceptors (Lipinski definition) is 3. The zero-order valence-corrected chi connectivity index (χ0v) is 13.5. The van der Waals surface area contributed by atoms with Crippen LogP contribution in [0.2, 0.25) is 0 Å². The molecule has 2 aliphatic heterocycles. The van der Waals surface area contributed by atoms with Gasteiger partial charge in [-0.05, 0) is 56.0 Å². The van der Waals surface area contributed by atoms with Crippen molar-refractivity contribution >= 4 is 12.4 Å². The summed E-state index contributed by atoms with van der Waals surface area (Å²) in [6, 6.07) is 7.34. The third-order valence-corrected chi connectivity index (χ3v) is 4.94. The molecule has 0 saturated carbocycles. The van der Waals surface area contributed by atoms with E-state index in [9.17, 15) is 8.78 Å². The number of alkyl halides is 2. The predicted molar refractivity (Wildman–Crippen MR) is 84.8 cm³/mol. The zero-order valence-electron chi connectivity index (χ0n) is 12.7. The summed E-state index contributed by atoms with van der Waals surface area (Å²) >= 11 is 0. The lowest BCUT2D eigenvalue weighted by molar-refractivity contribution is -0.0498. The van der Waals surface area contributed by atoms with Gasteiger partial charge in [-0.15, -0.1) is 12.4 Å². The van der Waals surface area contributed by atoms with Gasteiger partial charge in [0.1, 0.15) is 5.75 Å². The number of nitrogens with zero attached hydrogens (tertiary/aromatic N) is 1. The highest BCUT2D eigenvalue weighted by atomic mass is 35.5. The first-order chi connectivity index (χ1) is 10.1. The van der Waals surface area contributed by atoms with Crippen LogP contribution < -0.4 is 10.1 Å². The quantitative estimate of drug-likeness (QED) is 0.914. The molecule has 1 aromatic rings. The van der Waals surface area contributed by atoms with E-state index in [4.69, 9.17) is 0 Å². The molecule has 3 rings (SSSR count). The van der Waals surface area contributed by atoms with Crippen molar-refractivity contribution in [3.63, 3.8) is 0 Å². The summed E-state index contributed by atoms with van der Waals surface area (Å²) in [5.41, 5.74) is 1.60. The first-order valence-corrected chi connectivity index (χ1v) is 7.58. The van der Waals surface area contributed by atoms with Crippen LogP contribution >= 0.6 is 12.4 Å². The van der Waals surface area contributed by atoms with E-state index in [2.05, 4.69) is 21.9 Å². The van der Waals surface area contributed by atoms with Gasteiger partial charge in [-0.3, -0.25) is 4.90 Å². The van der Waals surface area contributed by atoms with Gasteiger partial charge in [0, 0.05) is 19.1 Å². The van der Waals surface area contributed by atoms with Crippen LogP contribution in [0.5, 0.6) is 5.75 Å². The van der Waals surface area contributed by atoms with Crippen LogP contribution in [0.1, 0.15) is 31.4 Å². The van der Waals surface area contributed by atoms with E-state index in [1.807, 2.05) is 12.1 Å². The first kappa shape index (κ1) is 17.4. The minimum Gasteiger partial charge on any atom is -0.435 e. The fourth-order valence-electron chi connectivity index (χ4n) is 3.58. The third kappa shape index (κ3) is 3.70. The largest absolute Gasteiger partial charge is 0.435 e. The molecule has 2 heterocycles. The highest BCUT2D eigenvalue weighted by Crippen LogP contribution is 2.39. The summed E-state index contributed by atoms with van der Waals surface area (Å²) in [7, 11) is 0. The van der Waals surface area contributed by atoms with Gasteiger partial charge in [-0.1, -0.05) is 12.1 Å². The number of benzene rings is 1. The number of rotatable bonds is 4. The van der Waals surface area contributed by atoms with Crippen LogP contribution in [0.4, 0.5) is 8.78 Å². The number of hydrogen-bond donors (Lipinski definition) is 1. The standard InChI is InChI=1S/C16H22F2N2O.ClH/c1-12(13-2-4-14(5-3-13)21-15(17)18)20-9-7-16(11-20)6-8-19-10-16;/h2-5,12,15,19H,6-11H2,1H3;1H. The fraction of sp³-hybridized carbons (Fsp3) is 0.625. The minimum absolute atomic E-state index is 0. The van der Waals surface area contributed by atoms with Crippen LogP contribution in [0.15, 0.2) is 24.3 Å². The molecule has 124 valence electrons. The van der Waals surface area contributed by atoms with E-state index in [-0.39, 0.29) is 18.2 Å². The van der Waals surface area contributed by atoms with Crippen molar-refractivity contribution in [3.8, 4) is 5.75 Å². The topological polar surface area (TPSA) is 24.5 Å². The normalized spacial score (nSPS) is 26.4. The van der Waals surface area contributed by atoms with Crippen LogP contribution in [-0.2, 0) is 0 Å². The van der Waals surface area contributed by atoms with Crippen molar-refractivity contribution in [2.75, 3.05) is 26.2 Å². The molecule has 2 fully saturated rings. The number of likely N-dealkylation sites (tertiary alicyclic amines) is 1. The van der Waals surface area contributed by atoms with Gasteiger partial charge in [0.2, 0.25) is 0 Å². The Morgan fingerprint density at radius 2 is 1.95 bits per heavy atom. The molecule has 0 radical (unpaired) electrons. The Hall–Kier alpha value is -0.910. The molecule has 2 unspecified atom stereocenters. The molecule has 0 amide bonds. The van der Waals surface area contributed by atoms with E-state index >= 15 is 0 Å². The van der Waals surface area contributed by atoms with Crippen molar-refractivity contribution in [2.24, 2.45) is 5.41 Å². The molecule has 1 spiro atoms. The van der Waals surface area contributed by atoms with E-state index in [0.29, 0.717) is 11.5 Å². The van der Waals surface area contributed by atoms with Gasteiger partial charge in [-0.25, -0.2) is 0 Å². The number of ether oxygens (including phenoxy) is 1. The van der Waals surface area contributed by atoms with Crippen molar-refractivity contribution in [3.05, 3.63) is 29.8 Å². The van der Waals surface area contributed by atoms with E-state index < -0.39 is 6.61 Å². The maximum absolute atomic E-state index is 12.2. The summed E-state index contributed by atoms with van der Waals surface area (Å²) < 4.78 is 28.7. The van der Waals surface area contributed by atoms with Crippen LogP contribution in [0.25, 0.3) is 0 Å². The van der Waals surface area contributed by atoms with Crippen LogP contribution in [-0.4, -0.2) is 37.7 Å². The Morgan fingerprint density at radius 1 is 1.23 bits per heavy atom. The molecule has 0 aliphatic carbocycles. The van der Waals surface area contributed by atoms with E-state index in [1.165, 1.54) is 12.8 Å². The minimum atomic E-state index is -2.76. The van der Waals surface area contributed by atoms with Gasteiger partial charge < -0.3 is 10.1 Å². The van der Waals surface area contributed by atoms with Gasteiger partial charge in [0.05, 0.1) is 0 Å². The van der Waals surface area contributed by atoms with Crippen molar-refractivity contribution in [2.45, 2.75) is 32.4 Å². The van der Waals surface area contributed by atoms with Crippen LogP contribution in [0.3, 0.4) is 0 Å². The molecule has 2 saturated heterocycles. The van der Waals surface area contributed by atoms with E-state index in [1.54, 1.807) is 12.1 Å². The Bertz CT molecular complexity index is 478. The van der Waals surface area contributed by atoms with E-state index in [0.717, 1.165) is 31.7 Å². The van der Waals surface area contributed by atoms with Crippen molar-refractivity contribution in [1.82, 2.24) is 10.2 Å². The number of halogens is 3. The summed E-state index contributed by atoms with van der Waals surface area (Å²) in [6.45, 7) is 3.90. The maximum Gasteiger partial charge on any atom is 0.387 e. The lowest BCUT2D eigenvalue weighted by Crippen LogP contribution is -2.30. The highest BCUT2D eigenvalue weighted by molar-refractivity contribution is 5.85. The molecular weight excluding hydrogens is 310 g/mol. The highest BCUT2D eigenvalue weighted by Gasteiger charge is 2.41. The number of nitrogens with one attached hydrogen (secondary N) is 1. The lowest BCUT2D eigenvalue weighted by Gasteiger charge is -2.27. The summed E-state index contributed by atoms with van der Waals surface area (Å²) in [4.78, 5) is 2.50. The Morgan fingerprint density at radius 3 is 2.55 bits per heavy atom. The van der Waals surface area contributed by atoms with Gasteiger partial charge in [0.15, 0.2) is 0 Å².